The predicted octanol–water partition coefficient (Wildman–Crippen LogP) is 1.99. The van der Waals surface area contributed by atoms with Gasteiger partial charge >= 0.3 is 5.97 Å². The lowest BCUT2D eigenvalue weighted by Gasteiger charge is -2.45. The van der Waals surface area contributed by atoms with Gasteiger partial charge in [0.05, 0.1) is 0 Å². The molecule has 2 rings (SSSR count). The SMILES string of the molecule is BCCCCC(N)(C(=O)O)[C@H]1C[C@@H](NCCCc2ccccc2)C1. The van der Waals surface area contributed by atoms with Gasteiger partial charge in [0.1, 0.15) is 13.4 Å². The molecule has 4 nitrogen and oxygen atoms in total. The number of unbranched alkanes of at least 4 members (excludes halogenated alkanes) is 1. The standard InChI is InChI=1S/C19H31BN2O2/c20-11-5-4-10-19(21,18(23)24)16-13-17(14-16)22-12-6-9-15-7-2-1-3-8-15/h1-3,7-8,16-17,22H,4-6,9-14,20-21H2,(H,23,24)/t16-,17+,19?. The van der Waals surface area contributed by atoms with Crippen LogP contribution in [0.15, 0.2) is 30.3 Å². The first-order valence-electron chi connectivity index (χ1n) is 9.36. The molecule has 0 radical (unpaired) electrons. The average Bonchev–Trinajstić information content (AvgIpc) is 2.53. The van der Waals surface area contributed by atoms with E-state index in [0.29, 0.717) is 12.5 Å². The van der Waals surface area contributed by atoms with Crippen LogP contribution in [0.3, 0.4) is 0 Å². The quantitative estimate of drug-likeness (QED) is 0.428. The predicted molar refractivity (Wildman–Crippen MR) is 101 cm³/mol. The first-order chi connectivity index (χ1) is 11.6. The molecule has 1 aromatic carbocycles. The highest BCUT2D eigenvalue weighted by atomic mass is 16.4. The Hall–Kier alpha value is -1.33. The van der Waals surface area contributed by atoms with Gasteiger partial charge in [0.2, 0.25) is 0 Å². The van der Waals surface area contributed by atoms with E-state index in [1.807, 2.05) is 6.07 Å². The largest absolute Gasteiger partial charge is 0.480 e. The van der Waals surface area contributed by atoms with E-state index >= 15 is 0 Å². The van der Waals surface area contributed by atoms with E-state index in [0.717, 1.165) is 51.4 Å². The molecule has 0 saturated heterocycles. The molecule has 0 spiro atoms. The molecule has 1 aliphatic rings. The summed E-state index contributed by atoms with van der Waals surface area (Å²) in [6.45, 7) is 0.979. The van der Waals surface area contributed by atoms with Crippen molar-refractivity contribution < 1.29 is 9.90 Å². The van der Waals surface area contributed by atoms with Crippen molar-refractivity contribution in [2.24, 2.45) is 11.7 Å². The molecule has 1 aliphatic carbocycles. The summed E-state index contributed by atoms with van der Waals surface area (Å²) in [6.07, 6.45) is 7.62. The van der Waals surface area contributed by atoms with Crippen molar-refractivity contribution in [3.05, 3.63) is 35.9 Å². The Morgan fingerprint density at radius 1 is 1.25 bits per heavy atom. The lowest BCUT2D eigenvalue weighted by Crippen LogP contribution is -2.61. The molecule has 1 aromatic rings. The second-order valence-corrected chi connectivity index (χ2v) is 7.21. The molecule has 5 heteroatoms. The monoisotopic (exact) mass is 330 g/mol. The number of carboxylic acid groups (broad SMARTS) is 1. The Kier molecular flexibility index (Phi) is 7.31. The van der Waals surface area contributed by atoms with Crippen LogP contribution in [-0.2, 0) is 11.2 Å². The number of benzene rings is 1. The third kappa shape index (κ3) is 5.08. The zero-order valence-electron chi connectivity index (χ0n) is 14.8. The van der Waals surface area contributed by atoms with E-state index in [1.54, 1.807) is 0 Å². The highest BCUT2D eigenvalue weighted by Gasteiger charge is 2.47. The summed E-state index contributed by atoms with van der Waals surface area (Å²) in [5.41, 5.74) is 6.59. The molecule has 1 atom stereocenters. The van der Waals surface area contributed by atoms with Gasteiger partial charge in [-0.3, -0.25) is 4.79 Å². The molecule has 1 fully saturated rings. The fraction of sp³-hybridized carbons (Fsp3) is 0.632. The maximum atomic E-state index is 11.6. The van der Waals surface area contributed by atoms with Gasteiger partial charge in [0, 0.05) is 6.04 Å². The summed E-state index contributed by atoms with van der Waals surface area (Å²) in [5.74, 6) is -0.718. The third-order valence-electron chi connectivity index (χ3n) is 5.38. The Morgan fingerprint density at radius 3 is 2.58 bits per heavy atom. The number of aliphatic carboxylic acids is 1. The third-order valence-corrected chi connectivity index (χ3v) is 5.38. The summed E-state index contributed by atoms with van der Waals surface area (Å²) in [6, 6.07) is 10.9. The van der Waals surface area contributed by atoms with Crippen molar-refractivity contribution in [3.63, 3.8) is 0 Å². The molecule has 0 bridgehead atoms. The van der Waals surface area contributed by atoms with Gasteiger partial charge in [0.25, 0.3) is 0 Å². The second kappa shape index (κ2) is 9.23. The minimum atomic E-state index is -1.03. The molecule has 0 aliphatic heterocycles. The van der Waals surface area contributed by atoms with Crippen molar-refractivity contribution in [1.29, 1.82) is 0 Å². The second-order valence-electron chi connectivity index (χ2n) is 7.21. The Bertz CT molecular complexity index is 505. The number of aryl methyl sites for hydroxylation is 1. The molecule has 0 aromatic heterocycles. The Morgan fingerprint density at radius 2 is 1.96 bits per heavy atom. The van der Waals surface area contributed by atoms with Crippen LogP contribution in [0.2, 0.25) is 6.32 Å². The van der Waals surface area contributed by atoms with Crippen LogP contribution in [0.25, 0.3) is 0 Å². The van der Waals surface area contributed by atoms with Gasteiger partial charge in [-0.1, -0.05) is 49.5 Å². The Labute approximate surface area is 146 Å². The number of nitrogens with one attached hydrogen (secondary N) is 1. The van der Waals surface area contributed by atoms with Crippen LogP contribution < -0.4 is 11.1 Å². The lowest BCUT2D eigenvalue weighted by molar-refractivity contribution is -0.148. The fourth-order valence-electron chi connectivity index (χ4n) is 3.60. The van der Waals surface area contributed by atoms with E-state index in [9.17, 15) is 9.90 Å². The molecule has 24 heavy (non-hydrogen) atoms. The summed E-state index contributed by atoms with van der Waals surface area (Å²) < 4.78 is 0. The van der Waals surface area contributed by atoms with Crippen LogP contribution in [0.1, 0.15) is 44.1 Å². The maximum Gasteiger partial charge on any atom is 0.323 e. The highest BCUT2D eigenvalue weighted by Crippen LogP contribution is 2.38. The molecule has 0 amide bonds. The van der Waals surface area contributed by atoms with Crippen molar-refractivity contribution in [2.45, 2.75) is 62.8 Å². The molecule has 1 saturated carbocycles. The zero-order chi connectivity index (χ0) is 17.4. The topological polar surface area (TPSA) is 75.4 Å². The molecule has 0 heterocycles. The van der Waals surface area contributed by atoms with Crippen molar-refractivity contribution >= 4 is 13.8 Å². The minimum absolute atomic E-state index is 0.110. The number of nitrogens with two attached hydrogens (primary N) is 1. The molecular formula is C19H31BN2O2. The van der Waals surface area contributed by atoms with Crippen LogP contribution in [0.4, 0.5) is 0 Å². The molecule has 132 valence electrons. The van der Waals surface area contributed by atoms with E-state index in [2.05, 4.69) is 37.4 Å². The fourth-order valence-corrected chi connectivity index (χ4v) is 3.60. The number of hydrogen-bond donors (Lipinski definition) is 3. The average molecular weight is 330 g/mol. The summed E-state index contributed by atoms with van der Waals surface area (Å²) in [7, 11) is 2.12. The first kappa shape index (κ1) is 19.0. The lowest BCUT2D eigenvalue weighted by atomic mass is 9.66. The number of rotatable bonds is 11. The van der Waals surface area contributed by atoms with E-state index in [-0.39, 0.29) is 5.92 Å². The van der Waals surface area contributed by atoms with Gasteiger partial charge in [-0.05, 0) is 50.1 Å². The Balaban J connectivity index is 1.66. The van der Waals surface area contributed by atoms with Crippen molar-refractivity contribution in [3.8, 4) is 0 Å². The van der Waals surface area contributed by atoms with Crippen LogP contribution in [0, 0.1) is 5.92 Å². The van der Waals surface area contributed by atoms with Crippen LogP contribution >= 0.6 is 0 Å². The maximum absolute atomic E-state index is 11.6. The van der Waals surface area contributed by atoms with Crippen molar-refractivity contribution in [1.82, 2.24) is 5.32 Å². The van der Waals surface area contributed by atoms with E-state index in [4.69, 9.17) is 5.73 Å². The van der Waals surface area contributed by atoms with Gasteiger partial charge in [0.15, 0.2) is 0 Å². The van der Waals surface area contributed by atoms with E-state index in [1.165, 1.54) is 5.56 Å². The highest BCUT2D eigenvalue weighted by molar-refractivity contribution is 6.08. The zero-order valence-corrected chi connectivity index (χ0v) is 14.8. The minimum Gasteiger partial charge on any atom is -0.480 e. The normalized spacial score (nSPS) is 22.5. The summed E-state index contributed by atoms with van der Waals surface area (Å²) in [5, 5.41) is 13.1. The number of carboxylic acids is 1. The molecule has 4 N–H and O–H groups in total. The molecule has 1 unspecified atom stereocenters. The first-order valence-corrected chi connectivity index (χ1v) is 9.36. The number of carbonyl (C=O) groups is 1. The summed E-state index contributed by atoms with van der Waals surface area (Å²) in [4.78, 5) is 11.6. The molecular weight excluding hydrogens is 299 g/mol. The van der Waals surface area contributed by atoms with Gasteiger partial charge in [-0.15, -0.1) is 0 Å². The van der Waals surface area contributed by atoms with Crippen LogP contribution in [0.5, 0.6) is 0 Å². The number of hydrogen-bond acceptors (Lipinski definition) is 3. The summed E-state index contributed by atoms with van der Waals surface area (Å²) >= 11 is 0. The van der Waals surface area contributed by atoms with Gasteiger partial charge in [-0.25, -0.2) is 0 Å². The van der Waals surface area contributed by atoms with Gasteiger partial charge < -0.3 is 16.2 Å². The van der Waals surface area contributed by atoms with Gasteiger partial charge in [-0.2, -0.15) is 0 Å². The van der Waals surface area contributed by atoms with Crippen molar-refractivity contribution in [2.75, 3.05) is 6.54 Å². The smallest absolute Gasteiger partial charge is 0.323 e. The van der Waals surface area contributed by atoms with E-state index < -0.39 is 11.5 Å². The van der Waals surface area contributed by atoms with Crippen LogP contribution in [-0.4, -0.2) is 37.0 Å².